The topological polar surface area (TPSA) is 99.1 Å². The highest BCUT2D eigenvalue weighted by molar-refractivity contribution is 5.94. The summed E-state index contributed by atoms with van der Waals surface area (Å²) in [4.78, 5) is 25.0. The van der Waals surface area contributed by atoms with Gasteiger partial charge in [-0.3, -0.25) is 4.79 Å². The van der Waals surface area contributed by atoms with Crippen molar-refractivity contribution in [2.24, 2.45) is 5.92 Å². The van der Waals surface area contributed by atoms with Gasteiger partial charge in [0.2, 0.25) is 5.91 Å². The molecule has 1 aromatic carbocycles. The summed E-state index contributed by atoms with van der Waals surface area (Å²) in [6.45, 7) is 2.49. The van der Waals surface area contributed by atoms with E-state index in [1.807, 2.05) is 0 Å². The smallest absolute Gasteiger partial charge is 0.343 e. The van der Waals surface area contributed by atoms with Crippen LogP contribution in [0.25, 0.3) is 0 Å². The molecule has 22 heavy (non-hydrogen) atoms. The summed E-state index contributed by atoms with van der Waals surface area (Å²) in [5.41, 5.74) is -0.243. The van der Waals surface area contributed by atoms with Gasteiger partial charge in [-0.2, -0.15) is 0 Å². The number of phenols is 1. The number of aromatic hydroxyl groups is 1. The number of nitrogens with one attached hydrogen (secondary N) is 1. The molecule has 7 nitrogen and oxygen atoms in total. The monoisotopic (exact) mass is 306 g/mol. The van der Waals surface area contributed by atoms with Crippen LogP contribution >= 0.6 is 0 Å². The number of ether oxygens (including phenoxy) is 1. The van der Waals surface area contributed by atoms with Gasteiger partial charge in [-0.15, -0.1) is 0 Å². The van der Waals surface area contributed by atoms with Gasteiger partial charge in [0.25, 0.3) is 0 Å². The maximum absolute atomic E-state index is 12.2. The summed E-state index contributed by atoms with van der Waals surface area (Å²) in [6.07, 6.45) is 0.620. The summed E-state index contributed by atoms with van der Waals surface area (Å²) < 4.78 is 5.62. The molecule has 2 aliphatic heterocycles. The van der Waals surface area contributed by atoms with Gasteiger partial charge in [-0.1, -0.05) is 6.07 Å². The van der Waals surface area contributed by atoms with Gasteiger partial charge in [0.05, 0.1) is 19.0 Å². The summed E-state index contributed by atoms with van der Waals surface area (Å²) in [5.74, 6) is -1.27. The Hall–Kier alpha value is -2.28. The lowest BCUT2D eigenvalue weighted by molar-refractivity contribution is -0.143. The van der Waals surface area contributed by atoms with E-state index in [2.05, 4.69) is 5.32 Å². The van der Waals surface area contributed by atoms with Crippen LogP contribution in [-0.2, 0) is 4.79 Å². The van der Waals surface area contributed by atoms with Crippen LogP contribution in [0, 0.1) is 5.92 Å². The second-order valence-electron chi connectivity index (χ2n) is 5.63. The minimum Gasteiger partial charge on any atom is -0.507 e. The average molecular weight is 306 g/mol. The Morgan fingerprint density at radius 2 is 2.09 bits per heavy atom. The van der Waals surface area contributed by atoms with E-state index < -0.39 is 5.97 Å². The molecule has 0 saturated carbocycles. The van der Waals surface area contributed by atoms with Crippen LogP contribution in [0.5, 0.6) is 11.5 Å². The first-order valence-electron chi connectivity index (χ1n) is 7.27. The van der Waals surface area contributed by atoms with Crippen LogP contribution in [0.3, 0.4) is 0 Å². The first-order chi connectivity index (χ1) is 10.6. The van der Waals surface area contributed by atoms with Crippen molar-refractivity contribution in [1.82, 2.24) is 10.2 Å². The van der Waals surface area contributed by atoms with E-state index in [4.69, 9.17) is 9.84 Å². The molecule has 0 spiro atoms. The Morgan fingerprint density at radius 3 is 2.73 bits per heavy atom. The van der Waals surface area contributed by atoms with E-state index in [0.29, 0.717) is 13.1 Å². The zero-order chi connectivity index (χ0) is 15.7. The highest BCUT2D eigenvalue weighted by Gasteiger charge is 2.37. The van der Waals surface area contributed by atoms with Gasteiger partial charge in [-0.05, 0) is 25.1 Å². The number of carbonyl (C=O) groups is 2. The summed E-state index contributed by atoms with van der Waals surface area (Å²) in [6, 6.07) is 4.34. The van der Waals surface area contributed by atoms with Crippen LogP contribution < -0.4 is 10.1 Å². The van der Waals surface area contributed by atoms with Gasteiger partial charge in [0.1, 0.15) is 23.2 Å². The number of benzene rings is 1. The third kappa shape index (κ3) is 2.71. The molecule has 3 N–H and O–H groups in total. The quantitative estimate of drug-likeness (QED) is 0.739. The number of hydrogen-bond donors (Lipinski definition) is 3. The Morgan fingerprint density at radius 1 is 1.32 bits per heavy atom. The van der Waals surface area contributed by atoms with Crippen molar-refractivity contribution in [1.29, 1.82) is 0 Å². The molecule has 1 unspecified atom stereocenters. The number of carboxylic acids is 1. The highest BCUT2D eigenvalue weighted by atomic mass is 16.5. The molecular weight excluding hydrogens is 288 g/mol. The predicted molar refractivity (Wildman–Crippen MR) is 77.0 cm³/mol. The molecular formula is C15H18N2O5. The van der Waals surface area contributed by atoms with Gasteiger partial charge in [-0.25, -0.2) is 4.79 Å². The normalized spacial score (nSPS) is 21.5. The third-order valence-corrected chi connectivity index (χ3v) is 4.08. The average Bonchev–Trinajstić information content (AvgIpc) is 2.95. The molecule has 0 aromatic heterocycles. The molecule has 3 rings (SSSR count). The number of carbonyl (C=O) groups excluding carboxylic acids is 1. The van der Waals surface area contributed by atoms with E-state index in [9.17, 15) is 14.7 Å². The van der Waals surface area contributed by atoms with Gasteiger partial charge in [0.15, 0.2) is 0 Å². The van der Waals surface area contributed by atoms with Crippen LogP contribution in [0.15, 0.2) is 18.2 Å². The second kappa shape index (κ2) is 5.84. The van der Waals surface area contributed by atoms with E-state index in [-0.39, 0.29) is 35.0 Å². The number of carboxylic acid groups (broad SMARTS) is 1. The highest BCUT2D eigenvalue weighted by Crippen LogP contribution is 2.30. The lowest BCUT2D eigenvalue weighted by atomic mass is 10.0. The Kier molecular flexibility index (Phi) is 3.89. The van der Waals surface area contributed by atoms with Crippen LogP contribution in [0.1, 0.15) is 16.8 Å². The van der Waals surface area contributed by atoms with Crippen LogP contribution in [0.4, 0.5) is 0 Å². The number of likely N-dealkylation sites (tertiary alicyclic amines) is 1. The zero-order valence-corrected chi connectivity index (χ0v) is 12.0. The number of nitrogens with zero attached hydrogens (tertiary/aromatic N) is 1. The largest absolute Gasteiger partial charge is 0.507 e. The molecule has 0 bridgehead atoms. The third-order valence-electron chi connectivity index (χ3n) is 4.08. The molecule has 7 heteroatoms. The second-order valence-corrected chi connectivity index (χ2v) is 5.63. The summed E-state index contributed by atoms with van der Waals surface area (Å²) in [5, 5.41) is 21.9. The molecule has 2 heterocycles. The minimum absolute atomic E-state index is 0.0382. The number of amides is 1. The van der Waals surface area contributed by atoms with Crippen molar-refractivity contribution >= 4 is 11.9 Å². The van der Waals surface area contributed by atoms with Gasteiger partial charge >= 0.3 is 5.97 Å². The van der Waals surface area contributed by atoms with E-state index in [1.54, 1.807) is 4.90 Å². The molecule has 2 saturated heterocycles. The molecule has 2 fully saturated rings. The lowest BCUT2D eigenvalue weighted by Crippen LogP contribution is -2.57. The number of rotatable bonds is 4. The molecule has 2 aliphatic rings. The number of aromatic carboxylic acids is 1. The van der Waals surface area contributed by atoms with Crippen molar-refractivity contribution < 1.29 is 24.5 Å². The Labute approximate surface area is 127 Å². The molecule has 118 valence electrons. The van der Waals surface area contributed by atoms with Crippen LogP contribution in [0.2, 0.25) is 0 Å². The molecule has 1 atom stereocenters. The number of hydrogen-bond acceptors (Lipinski definition) is 5. The fraction of sp³-hybridized carbons (Fsp3) is 0.467. The fourth-order valence-corrected chi connectivity index (χ4v) is 2.83. The Balaban J connectivity index is 1.59. The van der Waals surface area contributed by atoms with Gasteiger partial charge in [0, 0.05) is 6.54 Å². The summed E-state index contributed by atoms with van der Waals surface area (Å²) >= 11 is 0. The van der Waals surface area contributed by atoms with Crippen molar-refractivity contribution in [3.8, 4) is 11.5 Å². The lowest BCUT2D eigenvalue weighted by Gasteiger charge is -2.40. The van der Waals surface area contributed by atoms with E-state index in [1.165, 1.54) is 18.2 Å². The fourth-order valence-electron chi connectivity index (χ4n) is 2.83. The first kappa shape index (κ1) is 14.6. The van der Waals surface area contributed by atoms with Crippen LogP contribution in [-0.4, -0.2) is 59.3 Å². The predicted octanol–water partition coefficient (Wildman–Crippen LogP) is 0.289. The molecule has 1 aromatic rings. The van der Waals surface area contributed by atoms with Crippen molar-refractivity contribution in [3.63, 3.8) is 0 Å². The standard InChI is InChI=1S/C15H18N2O5/c18-11-2-1-3-12(13(11)15(20)21)22-10-7-17(8-10)14(19)9-4-5-16-6-9/h1-3,9-10,16,18H,4-8H2,(H,20,21). The van der Waals surface area contributed by atoms with Crippen molar-refractivity contribution in [3.05, 3.63) is 23.8 Å². The molecule has 0 aliphatic carbocycles. The maximum Gasteiger partial charge on any atom is 0.343 e. The first-order valence-corrected chi connectivity index (χ1v) is 7.27. The van der Waals surface area contributed by atoms with Crippen molar-refractivity contribution in [2.75, 3.05) is 26.2 Å². The maximum atomic E-state index is 12.2. The van der Waals surface area contributed by atoms with E-state index >= 15 is 0 Å². The molecule has 0 radical (unpaired) electrons. The molecule has 1 amide bonds. The SMILES string of the molecule is O=C(O)c1c(O)cccc1OC1CN(C(=O)C2CCNC2)C1. The van der Waals surface area contributed by atoms with Gasteiger partial charge < -0.3 is 25.2 Å². The Bertz CT molecular complexity index is 592. The zero-order valence-electron chi connectivity index (χ0n) is 12.0. The van der Waals surface area contributed by atoms with E-state index in [0.717, 1.165) is 19.5 Å². The minimum atomic E-state index is -1.24. The summed E-state index contributed by atoms with van der Waals surface area (Å²) in [7, 11) is 0. The van der Waals surface area contributed by atoms with Crippen molar-refractivity contribution in [2.45, 2.75) is 12.5 Å².